The van der Waals surface area contributed by atoms with Gasteiger partial charge >= 0.3 is 0 Å². The van der Waals surface area contributed by atoms with Crippen molar-refractivity contribution in [2.75, 3.05) is 26.1 Å². The lowest BCUT2D eigenvalue weighted by molar-refractivity contribution is 0.0952. The number of carbonyl (C=O) groups excluding carboxylic acids is 1. The molecule has 0 aliphatic rings. The van der Waals surface area contributed by atoms with Gasteiger partial charge in [-0.2, -0.15) is 0 Å². The summed E-state index contributed by atoms with van der Waals surface area (Å²) >= 11 is 0. The van der Waals surface area contributed by atoms with Gasteiger partial charge in [0.15, 0.2) is 0 Å². The van der Waals surface area contributed by atoms with E-state index < -0.39 is 0 Å². The first-order valence-electron chi connectivity index (χ1n) is 8.41. The van der Waals surface area contributed by atoms with Crippen molar-refractivity contribution >= 4 is 17.4 Å². The van der Waals surface area contributed by atoms with Crippen LogP contribution in [0.3, 0.4) is 0 Å². The minimum Gasteiger partial charge on any atom is -0.497 e. The molecule has 0 fully saturated rings. The van der Waals surface area contributed by atoms with Gasteiger partial charge in [-0.15, -0.1) is 0 Å². The molecule has 6 heteroatoms. The third kappa shape index (κ3) is 5.38. The maximum Gasteiger partial charge on any atom is 0.252 e. The Morgan fingerprint density at radius 2 is 1.96 bits per heavy atom. The molecule has 2 aromatic rings. The summed E-state index contributed by atoms with van der Waals surface area (Å²) in [5, 5.41) is 6.08. The number of rotatable bonds is 9. The standard InChI is InChI=1S/C19H25N3O3/c1-4-5-6-11-20-19(23)14-7-10-18(21-13-14)22-16-12-15(24-2)8-9-17(16)25-3/h7-10,12-13H,4-6,11H2,1-3H3,(H,20,23)(H,21,22). The number of nitrogens with zero attached hydrogens (tertiary/aromatic N) is 1. The van der Waals surface area contributed by atoms with Crippen LogP contribution in [0.2, 0.25) is 0 Å². The Morgan fingerprint density at radius 3 is 2.60 bits per heavy atom. The van der Waals surface area contributed by atoms with Crippen molar-refractivity contribution in [2.45, 2.75) is 26.2 Å². The summed E-state index contributed by atoms with van der Waals surface area (Å²) in [6.07, 6.45) is 4.80. The molecule has 0 aliphatic carbocycles. The van der Waals surface area contributed by atoms with Gasteiger partial charge in [0, 0.05) is 18.8 Å². The van der Waals surface area contributed by atoms with E-state index in [1.165, 1.54) is 0 Å². The summed E-state index contributed by atoms with van der Waals surface area (Å²) in [4.78, 5) is 16.4. The SMILES string of the molecule is CCCCCNC(=O)c1ccc(Nc2cc(OC)ccc2OC)nc1. The molecule has 25 heavy (non-hydrogen) atoms. The number of nitrogens with one attached hydrogen (secondary N) is 2. The highest BCUT2D eigenvalue weighted by molar-refractivity contribution is 5.94. The fourth-order valence-corrected chi connectivity index (χ4v) is 2.33. The van der Waals surface area contributed by atoms with Gasteiger partial charge in [0.1, 0.15) is 17.3 Å². The summed E-state index contributed by atoms with van der Waals surface area (Å²) < 4.78 is 10.6. The molecule has 6 nitrogen and oxygen atoms in total. The van der Waals surface area contributed by atoms with Crippen molar-refractivity contribution in [2.24, 2.45) is 0 Å². The number of ether oxygens (including phenoxy) is 2. The molecule has 0 saturated carbocycles. The van der Waals surface area contributed by atoms with Crippen molar-refractivity contribution in [1.82, 2.24) is 10.3 Å². The average molecular weight is 343 g/mol. The van der Waals surface area contributed by atoms with Gasteiger partial charge in [-0.25, -0.2) is 4.98 Å². The third-order valence-electron chi connectivity index (χ3n) is 3.76. The summed E-state index contributed by atoms with van der Waals surface area (Å²) in [7, 11) is 3.21. The molecule has 0 bridgehead atoms. The Bertz CT molecular complexity index is 687. The molecule has 1 heterocycles. The lowest BCUT2D eigenvalue weighted by Gasteiger charge is -2.12. The number of carbonyl (C=O) groups is 1. The van der Waals surface area contributed by atoms with Gasteiger partial charge in [0.2, 0.25) is 0 Å². The van der Waals surface area contributed by atoms with E-state index in [2.05, 4.69) is 22.5 Å². The van der Waals surface area contributed by atoms with Crippen LogP contribution in [0, 0.1) is 0 Å². The predicted molar refractivity (Wildman–Crippen MR) is 98.9 cm³/mol. The van der Waals surface area contributed by atoms with Crippen LogP contribution in [-0.4, -0.2) is 31.7 Å². The number of benzene rings is 1. The maximum absolute atomic E-state index is 12.1. The Kier molecular flexibility index (Phi) is 7.07. The quantitative estimate of drug-likeness (QED) is 0.678. The molecule has 0 radical (unpaired) electrons. The maximum atomic E-state index is 12.1. The fourth-order valence-electron chi connectivity index (χ4n) is 2.33. The summed E-state index contributed by atoms with van der Waals surface area (Å²) in [6.45, 7) is 2.82. The highest BCUT2D eigenvalue weighted by Crippen LogP contribution is 2.30. The van der Waals surface area contributed by atoms with Crippen LogP contribution in [0.25, 0.3) is 0 Å². The Hall–Kier alpha value is -2.76. The van der Waals surface area contributed by atoms with Crippen molar-refractivity contribution < 1.29 is 14.3 Å². The summed E-state index contributed by atoms with van der Waals surface area (Å²) in [6, 6.07) is 8.98. The second kappa shape index (κ2) is 9.52. The first-order chi connectivity index (χ1) is 12.2. The van der Waals surface area contributed by atoms with Crippen LogP contribution in [0.1, 0.15) is 36.5 Å². The predicted octanol–water partition coefficient (Wildman–Crippen LogP) is 3.76. The molecule has 0 aliphatic heterocycles. The van der Waals surface area contributed by atoms with Gasteiger partial charge in [-0.05, 0) is 30.7 Å². The van der Waals surface area contributed by atoms with Crippen LogP contribution in [0.4, 0.5) is 11.5 Å². The molecule has 1 amide bonds. The number of unbranched alkanes of at least 4 members (excludes halogenated alkanes) is 2. The average Bonchev–Trinajstić information content (AvgIpc) is 2.65. The number of amides is 1. The second-order valence-corrected chi connectivity index (χ2v) is 5.59. The largest absolute Gasteiger partial charge is 0.497 e. The Morgan fingerprint density at radius 1 is 1.12 bits per heavy atom. The van der Waals surface area contributed by atoms with E-state index in [9.17, 15) is 4.79 Å². The third-order valence-corrected chi connectivity index (χ3v) is 3.76. The highest BCUT2D eigenvalue weighted by Gasteiger charge is 2.08. The monoisotopic (exact) mass is 343 g/mol. The van der Waals surface area contributed by atoms with Crippen molar-refractivity contribution in [1.29, 1.82) is 0 Å². The normalized spacial score (nSPS) is 10.2. The zero-order chi connectivity index (χ0) is 18.1. The van der Waals surface area contributed by atoms with E-state index in [1.54, 1.807) is 32.5 Å². The van der Waals surface area contributed by atoms with Crippen LogP contribution < -0.4 is 20.1 Å². The van der Waals surface area contributed by atoms with Crippen molar-refractivity contribution in [3.05, 3.63) is 42.1 Å². The van der Waals surface area contributed by atoms with Crippen molar-refractivity contribution in [3.8, 4) is 11.5 Å². The molecular formula is C19H25N3O3. The van der Waals surface area contributed by atoms with Gasteiger partial charge in [0.05, 0.1) is 25.5 Å². The highest BCUT2D eigenvalue weighted by atomic mass is 16.5. The zero-order valence-electron chi connectivity index (χ0n) is 15.0. The van der Waals surface area contributed by atoms with E-state index in [1.807, 2.05) is 18.2 Å². The molecule has 0 saturated heterocycles. The molecule has 0 unspecified atom stereocenters. The van der Waals surface area contributed by atoms with Gasteiger partial charge < -0.3 is 20.1 Å². The number of methoxy groups -OCH3 is 2. The first kappa shape index (κ1) is 18.6. The topological polar surface area (TPSA) is 72.5 Å². The second-order valence-electron chi connectivity index (χ2n) is 5.59. The molecule has 0 atom stereocenters. The van der Waals surface area contributed by atoms with E-state index >= 15 is 0 Å². The Balaban J connectivity index is 2.02. The van der Waals surface area contributed by atoms with Gasteiger partial charge in [0.25, 0.3) is 5.91 Å². The fraction of sp³-hybridized carbons (Fsp3) is 0.368. The van der Waals surface area contributed by atoms with E-state index in [0.29, 0.717) is 29.4 Å². The van der Waals surface area contributed by atoms with E-state index in [4.69, 9.17) is 9.47 Å². The molecule has 0 spiro atoms. The van der Waals surface area contributed by atoms with Crippen LogP contribution in [0.5, 0.6) is 11.5 Å². The van der Waals surface area contributed by atoms with Crippen LogP contribution in [-0.2, 0) is 0 Å². The lowest BCUT2D eigenvalue weighted by Crippen LogP contribution is -2.24. The number of anilines is 2. The van der Waals surface area contributed by atoms with Gasteiger partial charge in [-0.1, -0.05) is 19.8 Å². The lowest BCUT2D eigenvalue weighted by atomic mass is 10.2. The number of hydrogen-bond acceptors (Lipinski definition) is 5. The summed E-state index contributed by atoms with van der Waals surface area (Å²) in [5.74, 6) is 1.91. The van der Waals surface area contributed by atoms with Crippen molar-refractivity contribution in [3.63, 3.8) is 0 Å². The molecule has 2 N–H and O–H groups in total. The minimum atomic E-state index is -0.103. The van der Waals surface area contributed by atoms with Gasteiger partial charge in [-0.3, -0.25) is 4.79 Å². The Labute approximate surface area is 148 Å². The molecule has 134 valence electrons. The van der Waals surface area contributed by atoms with Crippen LogP contribution in [0.15, 0.2) is 36.5 Å². The molecular weight excluding hydrogens is 318 g/mol. The first-order valence-corrected chi connectivity index (χ1v) is 8.41. The molecule has 2 rings (SSSR count). The minimum absolute atomic E-state index is 0.103. The number of aromatic nitrogens is 1. The smallest absolute Gasteiger partial charge is 0.252 e. The summed E-state index contributed by atoms with van der Waals surface area (Å²) in [5.41, 5.74) is 1.28. The zero-order valence-corrected chi connectivity index (χ0v) is 15.0. The molecule has 1 aromatic heterocycles. The molecule has 1 aromatic carbocycles. The van der Waals surface area contributed by atoms with E-state index in [0.717, 1.165) is 24.9 Å². The van der Waals surface area contributed by atoms with Crippen LogP contribution >= 0.6 is 0 Å². The number of hydrogen-bond donors (Lipinski definition) is 2. The van der Waals surface area contributed by atoms with E-state index in [-0.39, 0.29) is 5.91 Å². The number of pyridine rings is 1.